The van der Waals surface area contributed by atoms with E-state index in [0.717, 1.165) is 28.8 Å². The van der Waals surface area contributed by atoms with Crippen LogP contribution in [0.15, 0.2) is 33.9 Å². The number of nitrogens with zero attached hydrogens (tertiary/aromatic N) is 1. The van der Waals surface area contributed by atoms with Gasteiger partial charge in [0.2, 0.25) is 0 Å². The molecule has 0 radical (unpaired) electrons. The minimum Gasteiger partial charge on any atom is -0.293 e. The van der Waals surface area contributed by atoms with Gasteiger partial charge >= 0.3 is 11.9 Å². The Hall–Kier alpha value is -2.38. The van der Waals surface area contributed by atoms with Crippen LogP contribution in [0.1, 0.15) is 23.7 Å². The van der Waals surface area contributed by atoms with Crippen molar-refractivity contribution in [2.45, 2.75) is 26.1 Å². The minimum atomic E-state index is -4.74. The second-order valence-corrected chi connectivity index (χ2v) is 4.63. The van der Waals surface area contributed by atoms with Crippen molar-refractivity contribution < 1.29 is 17.6 Å². The number of hydrogen-bond donors (Lipinski definition) is 1. The Labute approximate surface area is 122 Å². The van der Waals surface area contributed by atoms with E-state index in [9.17, 15) is 27.2 Å². The zero-order valence-electron chi connectivity index (χ0n) is 11.5. The van der Waals surface area contributed by atoms with Gasteiger partial charge in [-0.2, -0.15) is 13.2 Å². The van der Waals surface area contributed by atoms with Gasteiger partial charge in [0.15, 0.2) is 0 Å². The molecule has 2 rings (SSSR count). The first-order chi connectivity index (χ1) is 10.2. The monoisotopic (exact) mass is 316 g/mol. The quantitative estimate of drug-likeness (QED) is 0.884. The topological polar surface area (TPSA) is 54.9 Å². The predicted molar refractivity (Wildman–Crippen MR) is 71.2 cm³/mol. The molecule has 0 aliphatic heterocycles. The molecule has 0 bridgehead atoms. The standard InChI is InChI=1S/C14H12F4N2O2/c1-2-8-6-12(21)19-13(22)20(8)7-9-10(14(16,17)18)4-3-5-11(9)15/h3-6H,2,7H2,1H3,(H,19,21,22). The normalized spacial score (nSPS) is 11.7. The van der Waals surface area contributed by atoms with Gasteiger partial charge in [-0.3, -0.25) is 14.3 Å². The summed E-state index contributed by atoms with van der Waals surface area (Å²) in [5.41, 5.74) is -3.08. The predicted octanol–water partition coefficient (Wildman–Crippen LogP) is 2.31. The smallest absolute Gasteiger partial charge is 0.293 e. The van der Waals surface area contributed by atoms with Gasteiger partial charge in [-0.1, -0.05) is 13.0 Å². The van der Waals surface area contributed by atoms with Gasteiger partial charge in [-0.25, -0.2) is 9.18 Å². The van der Waals surface area contributed by atoms with E-state index in [2.05, 4.69) is 0 Å². The van der Waals surface area contributed by atoms with E-state index in [4.69, 9.17) is 0 Å². The summed E-state index contributed by atoms with van der Waals surface area (Å²) in [6, 6.07) is 3.71. The maximum absolute atomic E-state index is 13.8. The van der Waals surface area contributed by atoms with Crippen molar-refractivity contribution in [3.05, 3.63) is 67.7 Å². The summed E-state index contributed by atoms with van der Waals surface area (Å²) in [7, 11) is 0. The average molecular weight is 316 g/mol. The van der Waals surface area contributed by atoms with Gasteiger partial charge in [0.1, 0.15) is 5.82 Å². The van der Waals surface area contributed by atoms with E-state index in [1.807, 2.05) is 4.98 Å². The second kappa shape index (κ2) is 5.78. The van der Waals surface area contributed by atoms with E-state index >= 15 is 0 Å². The number of H-pyrrole nitrogens is 1. The largest absolute Gasteiger partial charge is 0.416 e. The third kappa shape index (κ3) is 3.10. The van der Waals surface area contributed by atoms with Gasteiger partial charge in [0.25, 0.3) is 5.56 Å². The number of alkyl halides is 3. The van der Waals surface area contributed by atoms with Crippen molar-refractivity contribution in [3.63, 3.8) is 0 Å². The summed E-state index contributed by atoms with van der Waals surface area (Å²) in [6.45, 7) is 1.02. The fourth-order valence-electron chi connectivity index (χ4n) is 2.18. The number of aromatic nitrogens is 2. The number of hydrogen-bond acceptors (Lipinski definition) is 2. The molecule has 0 fully saturated rings. The molecule has 0 aliphatic carbocycles. The SMILES string of the molecule is CCc1cc(=O)[nH]c(=O)n1Cc1c(F)cccc1C(F)(F)F. The lowest BCUT2D eigenvalue weighted by atomic mass is 10.1. The summed E-state index contributed by atoms with van der Waals surface area (Å²) in [5, 5.41) is 0. The third-order valence-electron chi connectivity index (χ3n) is 3.22. The zero-order chi connectivity index (χ0) is 16.5. The molecule has 8 heteroatoms. The highest BCUT2D eigenvalue weighted by Crippen LogP contribution is 2.33. The second-order valence-electron chi connectivity index (χ2n) is 4.63. The van der Waals surface area contributed by atoms with E-state index in [1.54, 1.807) is 6.92 Å². The molecule has 0 amide bonds. The molecule has 0 atom stereocenters. The lowest BCUT2D eigenvalue weighted by Gasteiger charge is -2.16. The summed E-state index contributed by atoms with van der Waals surface area (Å²) in [5.74, 6) is -1.06. The van der Waals surface area contributed by atoms with Crippen molar-refractivity contribution in [2.24, 2.45) is 0 Å². The molecular weight excluding hydrogens is 304 g/mol. The fraction of sp³-hybridized carbons (Fsp3) is 0.286. The Morgan fingerprint density at radius 1 is 1.23 bits per heavy atom. The molecule has 22 heavy (non-hydrogen) atoms. The molecule has 1 N–H and O–H groups in total. The molecule has 0 aliphatic rings. The number of rotatable bonds is 3. The van der Waals surface area contributed by atoms with Crippen LogP contribution in [0.4, 0.5) is 17.6 Å². The highest BCUT2D eigenvalue weighted by Gasteiger charge is 2.34. The molecule has 1 aromatic heterocycles. The molecule has 0 saturated carbocycles. The highest BCUT2D eigenvalue weighted by atomic mass is 19.4. The molecule has 2 aromatic rings. The first kappa shape index (κ1) is 16.0. The Balaban J connectivity index is 2.63. The highest BCUT2D eigenvalue weighted by molar-refractivity contribution is 5.31. The molecule has 0 spiro atoms. The molecule has 1 heterocycles. The van der Waals surface area contributed by atoms with Gasteiger partial charge in [-0.05, 0) is 18.6 Å². The summed E-state index contributed by atoms with van der Waals surface area (Å²) < 4.78 is 53.7. The number of nitrogens with one attached hydrogen (secondary N) is 1. The molecule has 4 nitrogen and oxygen atoms in total. The van der Waals surface area contributed by atoms with Crippen LogP contribution in [0, 0.1) is 5.82 Å². The number of aryl methyl sites for hydroxylation is 1. The molecule has 1 aromatic carbocycles. The first-order valence-electron chi connectivity index (χ1n) is 6.41. The van der Waals surface area contributed by atoms with Crippen LogP contribution < -0.4 is 11.2 Å². The van der Waals surface area contributed by atoms with Crippen LogP contribution in [0.5, 0.6) is 0 Å². The van der Waals surface area contributed by atoms with Crippen LogP contribution in [-0.2, 0) is 19.1 Å². The minimum absolute atomic E-state index is 0.227. The van der Waals surface area contributed by atoms with E-state index < -0.39 is 40.9 Å². The third-order valence-corrected chi connectivity index (χ3v) is 3.22. The number of benzene rings is 1. The molecule has 0 unspecified atom stereocenters. The lowest BCUT2D eigenvalue weighted by molar-refractivity contribution is -0.138. The van der Waals surface area contributed by atoms with Crippen LogP contribution in [-0.4, -0.2) is 9.55 Å². The Morgan fingerprint density at radius 2 is 1.91 bits per heavy atom. The van der Waals surface area contributed by atoms with Crippen molar-refractivity contribution in [1.29, 1.82) is 0 Å². The van der Waals surface area contributed by atoms with Crippen molar-refractivity contribution in [3.8, 4) is 0 Å². The maximum atomic E-state index is 13.8. The number of halogens is 4. The summed E-state index contributed by atoms with van der Waals surface area (Å²) >= 11 is 0. The van der Waals surface area contributed by atoms with Crippen molar-refractivity contribution in [2.75, 3.05) is 0 Å². The summed E-state index contributed by atoms with van der Waals surface area (Å²) in [4.78, 5) is 25.0. The van der Waals surface area contributed by atoms with E-state index in [1.165, 1.54) is 0 Å². The Morgan fingerprint density at radius 3 is 2.50 bits per heavy atom. The fourth-order valence-corrected chi connectivity index (χ4v) is 2.18. The lowest BCUT2D eigenvalue weighted by Crippen LogP contribution is -2.33. The van der Waals surface area contributed by atoms with Gasteiger partial charge < -0.3 is 0 Å². The van der Waals surface area contributed by atoms with Crippen LogP contribution in [0.2, 0.25) is 0 Å². The van der Waals surface area contributed by atoms with Crippen LogP contribution in [0.3, 0.4) is 0 Å². The molecule has 0 saturated heterocycles. The van der Waals surface area contributed by atoms with Gasteiger partial charge in [-0.15, -0.1) is 0 Å². The van der Waals surface area contributed by atoms with Gasteiger partial charge in [0.05, 0.1) is 12.1 Å². The molecular formula is C14H12F4N2O2. The average Bonchev–Trinajstić information content (AvgIpc) is 2.41. The number of aromatic amines is 1. The molecule has 118 valence electrons. The Kier molecular flexibility index (Phi) is 4.20. The van der Waals surface area contributed by atoms with E-state index in [-0.39, 0.29) is 12.1 Å². The van der Waals surface area contributed by atoms with Crippen LogP contribution in [0.25, 0.3) is 0 Å². The maximum Gasteiger partial charge on any atom is 0.416 e. The van der Waals surface area contributed by atoms with E-state index in [0.29, 0.717) is 0 Å². The van der Waals surface area contributed by atoms with Crippen LogP contribution >= 0.6 is 0 Å². The summed E-state index contributed by atoms with van der Waals surface area (Å²) in [6.07, 6.45) is -4.50. The van der Waals surface area contributed by atoms with Crippen molar-refractivity contribution in [1.82, 2.24) is 9.55 Å². The Bertz CT molecular complexity index is 806. The van der Waals surface area contributed by atoms with Crippen molar-refractivity contribution >= 4 is 0 Å². The van der Waals surface area contributed by atoms with Gasteiger partial charge in [0, 0.05) is 17.3 Å². The first-order valence-corrected chi connectivity index (χ1v) is 6.41. The zero-order valence-corrected chi connectivity index (χ0v) is 11.5.